The Morgan fingerprint density at radius 3 is 3.00 bits per heavy atom. The molecule has 1 aromatic rings. The zero-order valence-corrected chi connectivity index (χ0v) is 8.62. The molecule has 0 N–H and O–H groups in total. The summed E-state index contributed by atoms with van der Waals surface area (Å²) in [6.07, 6.45) is 4.72. The predicted octanol–water partition coefficient (Wildman–Crippen LogP) is 1.89. The van der Waals surface area contributed by atoms with Crippen molar-refractivity contribution >= 4 is 5.97 Å². The molecule has 1 aromatic heterocycles. The highest BCUT2D eigenvalue weighted by molar-refractivity contribution is 5.69. The van der Waals surface area contributed by atoms with Gasteiger partial charge in [-0.3, -0.25) is 9.78 Å². The van der Waals surface area contributed by atoms with E-state index < -0.39 is 0 Å². The van der Waals surface area contributed by atoms with Crippen LogP contribution < -0.4 is 0 Å². The van der Waals surface area contributed by atoms with Gasteiger partial charge in [-0.25, -0.2) is 0 Å². The first-order valence-electron chi connectivity index (χ1n) is 4.79. The number of aryl methyl sites for hydroxylation is 2. The lowest BCUT2D eigenvalue weighted by molar-refractivity contribution is -0.143. The zero-order chi connectivity index (χ0) is 10.4. The average molecular weight is 193 g/mol. The van der Waals surface area contributed by atoms with Gasteiger partial charge in [0, 0.05) is 18.8 Å². The monoisotopic (exact) mass is 193 g/mol. The largest absolute Gasteiger partial charge is 0.466 e. The Hall–Kier alpha value is -1.38. The van der Waals surface area contributed by atoms with E-state index in [1.807, 2.05) is 19.9 Å². The molecule has 0 aliphatic carbocycles. The molecular weight excluding hydrogens is 178 g/mol. The van der Waals surface area contributed by atoms with Gasteiger partial charge in [0.2, 0.25) is 0 Å². The summed E-state index contributed by atoms with van der Waals surface area (Å²) >= 11 is 0. The predicted molar refractivity (Wildman–Crippen MR) is 53.9 cm³/mol. The van der Waals surface area contributed by atoms with E-state index in [9.17, 15) is 4.79 Å². The van der Waals surface area contributed by atoms with Crippen LogP contribution in [0.15, 0.2) is 18.5 Å². The van der Waals surface area contributed by atoms with E-state index in [-0.39, 0.29) is 5.97 Å². The standard InChI is InChI=1S/C11H15NO2/c1-3-14-11(13)5-4-10-6-7-12-8-9(10)2/h6-8H,3-5H2,1-2H3. The molecule has 0 aliphatic rings. The summed E-state index contributed by atoms with van der Waals surface area (Å²) < 4.78 is 4.85. The molecule has 0 atom stereocenters. The van der Waals surface area contributed by atoms with E-state index in [2.05, 4.69) is 4.98 Å². The van der Waals surface area contributed by atoms with Crippen molar-refractivity contribution in [3.8, 4) is 0 Å². The van der Waals surface area contributed by atoms with Gasteiger partial charge in [-0.1, -0.05) is 0 Å². The molecule has 3 nitrogen and oxygen atoms in total. The number of ether oxygens (including phenoxy) is 1. The van der Waals surface area contributed by atoms with Gasteiger partial charge >= 0.3 is 5.97 Å². The number of nitrogens with zero attached hydrogens (tertiary/aromatic N) is 1. The second-order valence-electron chi connectivity index (χ2n) is 3.11. The van der Waals surface area contributed by atoms with Crippen LogP contribution >= 0.6 is 0 Å². The smallest absolute Gasteiger partial charge is 0.306 e. The Kier molecular flexibility index (Phi) is 4.11. The summed E-state index contributed by atoms with van der Waals surface area (Å²) in [6, 6.07) is 1.94. The van der Waals surface area contributed by atoms with Gasteiger partial charge in [0.05, 0.1) is 6.61 Å². The van der Waals surface area contributed by atoms with Gasteiger partial charge in [0.1, 0.15) is 0 Å². The highest BCUT2D eigenvalue weighted by Crippen LogP contribution is 2.08. The Morgan fingerprint density at radius 2 is 2.36 bits per heavy atom. The van der Waals surface area contributed by atoms with Crippen LogP contribution in [-0.2, 0) is 16.0 Å². The van der Waals surface area contributed by atoms with Crippen LogP contribution in [0.1, 0.15) is 24.5 Å². The van der Waals surface area contributed by atoms with Crippen LogP contribution in [-0.4, -0.2) is 17.6 Å². The molecule has 0 bridgehead atoms. The normalized spacial score (nSPS) is 9.86. The Bertz CT molecular complexity index is 310. The van der Waals surface area contributed by atoms with Crippen molar-refractivity contribution in [1.29, 1.82) is 0 Å². The molecule has 0 fully saturated rings. The molecule has 1 rings (SSSR count). The van der Waals surface area contributed by atoms with Crippen molar-refractivity contribution in [1.82, 2.24) is 4.98 Å². The molecule has 1 heterocycles. The highest BCUT2D eigenvalue weighted by Gasteiger charge is 2.03. The van der Waals surface area contributed by atoms with E-state index in [0.717, 1.165) is 17.5 Å². The second kappa shape index (κ2) is 5.37. The molecule has 0 aromatic carbocycles. The third-order valence-electron chi connectivity index (χ3n) is 2.04. The fourth-order valence-electron chi connectivity index (χ4n) is 1.25. The first-order valence-corrected chi connectivity index (χ1v) is 4.79. The van der Waals surface area contributed by atoms with Crippen molar-refractivity contribution in [2.75, 3.05) is 6.61 Å². The van der Waals surface area contributed by atoms with E-state index >= 15 is 0 Å². The zero-order valence-electron chi connectivity index (χ0n) is 8.62. The molecule has 0 aliphatic heterocycles. The van der Waals surface area contributed by atoms with Gasteiger partial charge < -0.3 is 4.74 Å². The van der Waals surface area contributed by atoms with E-state index in [1.54, 1.807) is 12.4 Å². The number of aromatic nitrogens is 1. The maximum absolute atomic E-state index is 11.1. The molecule has 0 spiro atoms. The molecule has 14 heavy (non-hydrogen) atoms. The number of pyridine rings is 1. The molecular formula is C11H15NO2. The van der Waals surface area contributed by atoms with Crippen LogP contribution in [0.5, 0.6) is 0 Å². The summed E-state index contributed by atoms with van der Waals surface area (Å²) in [7, 11) is 0. The van der Waals surface area contributed by atoms with Crippen LogP contribution in [0, 0.1) is 6.92 Å². The fourth-order valence-corrected chi connectivity index (χ4v) is 1.25. The lowest BCUT2D eigenvalue weighted by atomic mass is 10.1. The van der Waals surface area contributed by atoms with Gasteiger partial charge in [-0.05, 0) is 37.5 Å². The average Bonchev–Trinajstić information content (AvgIpc) is 2.17. The quantitative estimate of drug-likeness (QED) is 0.685. The number of hydrogen-bond acceptors (Lipinski definition) is 3. The van der Waals surface area contributed by atoms with E-state index in [4.69, 9.17) is 4.74 Å². The number of carbonyl (C=O) groups is 1. The molecule has 0 radical (unpaired) electrons. The van der Waals surface area contributed by atoms with Gasteiger partial charge in [0.25, 0.3) is 0 Å². The topological polar surface area (TPSA) is 39.2 Å². The van der Waals surface area contributed by atoms with Crippen molar-refractivity contribution < 1.29 is 9.53 Å². The first-order chi connectivity index (χ1) is 6.74. The summed E-state index contributed by atoms with van der Waals surface area (Å²) in [5.74, 6) is -0.135. The molecule has 76 valence electrons. The molecule has 0 amide bonds. The number of carbonyl (C=O) groups excluding carboxylic acids is 1. The Morgan fingerprint density at radius 1 is 1.57 bits per heavy atom. The van der Waals surface area contributed by atoms with Crippen LogP contribution in [0.2, 0.25) is 0 Å². The Balaban J connectivity index is 2.46. The maximum atomic E-state index is 11.1. The minimum Gasteiger partial charge on any atom is -0.466 e. The van der Waals surface area contributed by atoms with Crippen molar-refractivity contribution in [2.24, 2.45) is 0 Å². The van der Waals surface area contributed by atoms with Crippen LogP contribution in [0.4, 0.5) is 0 Å². The summed E-state index contributed by atoms with van der Waals surface area (Å²) in [5, 5.41) is 0. The highest BCUT2D eigenvalue weighted by atomic mass is 16.5. The number of rotatable bonds is 4. The number of hydrogen-bond donors (Lipinski definition) is 0. The molecule has 0 saturated heterocycles. The molecule has 0 saturated carbocycles. The fraction of sp³-hybridized carbons (Fsp3) is 0.455. The Labute approximate surface area is 84.1 Å². The number of esters is 1. The summed E-state index contributed by atoms with van der Waals surface area (Å²) in [4.78, 5) is 15.1. The maximum Gasteiger partial charge on any atom is 0.306 e. The first kappa shape index (κ1) is 10.7. The van der Waals surface area contributed by atoms with Gasteiger partial charge in [0.15, 0.2) is 0 Å². The molecule has 0 unspecified atom stereocenters. The summed E-state index contributed by atoms with van der Waals surface area (Å²) in [6.45, 7) is 4.26. The minimum atomic E-state index is -0.135. The summed E-state index contributed by atoms with van der Waals surface area (Å²) in [5.41, 5.74) is 2.28. The van der Waals surface area contributed by atoms with Gasteiger partial charge in [-0.2, -0.15) is 0 Å². The van der Waals surface area contributed by atoms with Crippen LogP contribution in [0.3, 0.4) is 0 Å². The lowest BCUT2D eigenvalue weighted by Crippen LogP contribution is -2.05. The SMILES string of the molecule is CCOC(=O)CCc1ccncc1C. The minimum absolute atomic E-state index is 0.135. The third-order valence-corrected chi connectivity index (χ3v) is 2.04. The van der Waals surface area contributed by atoms with Crippen molar-refractivity contribution in [2.45, 2.75) is 26.7 Å². The third kappa shape index (κ3) is 3.17. The lowest BCUT2D eigenvalue weighted by Gasteiger charge is -2.04. The van der Waals surface area contributed by atoms with Crippen molar-refractivity contribution in [3.63, 3.8) is 0 Å². The molecule has 3 heteroatoms. The van der Waals surface area contributed by atoms with E-state index in [0.29, 0.717) is 13.0 Å². The second-order valence-corrected chi connectivity index (χ2v) is 3.11. The van der Waals surface area contributed by atoms with Crippen molar-refractivity contribution in [3.05, 3.63) is 29.6 Å². The van der Waals surface area contributed by atoms with E-state index in [1.165, 1.54) is 0 Å². The van der Waals surface area contributed by atoms with Crippen LogP contribution in [0.25, 0.3) is 0 Å². The van der Waals surface area contributed by atoms with Gasteiger partial charge in [-0.15, -0.1) is 0 Å².